The number of carbonyl (C=O) groups excluding carboxylic acids is 1. The molecule has 3 rings (SSSR count). The van der Waals surface area contributed by atoms with Crippen molar-refractivity contribution in [1.29, 1.82) is 0 Å². The highest BCUT2D eigenvalue weighted by Gasteiger charge is 2.27. The lowest BCUT2D eigenvalue weighted by Gasteiger charge is -2.36. The fourth-order valence-electron chi connectivity index (χ4n) is 2.96. The summed E-state index contributed by atoms with van der Waals surface area (Å²) in [5.41, 5.74) is 2.08. The zero-order valence-corrected chi connectivity index (χ0v) is 15.9. The number of aromatic nitrogens is 1. The Morgan fingerprint density at radius 1 is 1.28 bits per heavy atom. The Hall–Kier alpha value is -1.33. The van der Waals surface area contributed by atoms with Gasteiger partial charge in [0.2, 0.25) is 5.91 Å². The van der Waals surface area contributed by atoms with Gasteiger partial charge in [0.15, 0.2) is 0 Å². The van der Waals surface area contributed by atoms with E-state index in [1.165, 1.54) is 0 Å². The van der Waals surface area contributed by atoms with Crippen LogP contribution in [0.2, 0.25) is 10.0 Å². The summed E-state index contributed by atoms with van der Waals surface area (Å²) in [6.07, 6.45) is 4.68. The number of benzene rings is 1. The van der Waals surface area contributed by atoms with Crippen LogP contribution in [0, 0.1) is 0 Å². The molecule has 1 N–H and O–H groups in total. The SMILES string of the molecule is Cl.O=C(CCc1ccc(Cl)c(Cl)c1)N1CCNCC1c1cccnc1. The number of halogens is 3. The van der Waals surface area contributed by atoms with Gasteiger partial charge in [0.25, 0.3) is 0 Å². The smallest absolute Gasteiger partial charge is 0.223 e. The summed E-state index contributed by atoms with van der Waals surface area (Å²) in [7, 11) is 0. The molecular weight excluding hydrogens is 381 g/mol. The number of nitrogens with zero attached hydrogens (tertiary/aromatic N) is 2. The molecule has 1 atom stereocenters. The molecule has 2 aromatic rings. The second kappa shape index (κ2) is 9.39. The van der Waals surface area contributed by atoms with Gasteiger partial charge in [-0.05, 0) is 35.7 Å². The number of amides is 1. The maximum absolute atomic E-state index is 12.7. The summed E-state index contributed by atoms with van der Waals surface area (Å²) in [6.45, 7) is 2.28. The van der Waals surface area contributed by atoms with Gasteiger partial charge in [-0.3, -0.25) is 9.78 Å². The molecule has 0 bridgehead atoms. The number of nitrogens with one attached hydrogen (secondary N) is 1. The van der Waals surface area contributed by atoms with E-state index in [1.807, 2.05) is 35.4 Å². The first kappa shape index (κ1) is 20.0. The van der Waals surface area contributed by atoms with Gasteiger partial charge in [-0.1, -0.05) is 35.3 Å². The minimum atomic E-state index is 0. The maximum atomic E-state index is 12.7. The third-order valence-corrected chi connectivity index (χ3v) is 4.98. The molecule has 1 aromatic heterocycles. The van der Waals surface area contributed by atoms with Gasteiger partial charge in [0.05, 0.1) is 16.1 Å². The molecule has 1 aliphatic heterocycles. The van der Waals surface area contributed by atoms with Crippen molar-refractivity contribution >= 4 is 41.5 Å². The van der Waals surface area contributed by atoms with Gasteiger partial charge in [-0.25, -0.2) is 0 Å². The molecule has 7 heteroatoms. The first-order valence-corrected chi connectivity index (χ1v) is 8.75. The number of pyridine rings is 1. The molecule has 25 heavy (non-hydrogen) atoms. The molecular formula is C18H20Cl3N3O. The zero-order valence-electron chi connectivity index (χ0n) is 13.6. The predicted octanol–water partition coefficient (Wildman–Crippen LogP) is 3.92. The average molecular weight is 401 g/mol. The summed E-state index contributed by atoms with van der Waals surface area (Å²) in [5, 5.41) is 4.41. The van der Waals surface area contributed by atoms with E-state index in [4.69, 9.17) is 23.2 Å². The highest BCUT2D eigenvalue weighted by atomic mass is 35.5. The standard InChI is InChI=1S/C18H19Cl2N3O.ClH/c19-15-5-3-13(10-16(15)20)4-6-18(24)23-9-8-22-12-17(23)14-2-1-7-21-11-14;/h1-3,5,7,10-11,17,22H,4,6,8-9,12H2;1H. The van der Waals surface area contributed by atoms with Crippen molar-refractivity contribution in [2.45, 2.75) is 18.9 Å². The van der Waals surface area contributed by atoms with Crippen molar-refractivity contribution in [2.24, 2.45) is 0 Å². The molecule has 1 aliphatic rings. The van der Waals surface area contributed by atoms with E-state index in [9.17, 15) is 4.79 Å². The highest BCUT2D eigenvalue weighted by Crippen LogP contribution is 2.25. The largest absolute Gasteiger partial charge is 0.333 e. The van der Waals surface area contributed by atoms with Crippen LogP contribution in [0.15, 0.2) is 42.7 Å². The first-order valence-electron chi connectivity index (χ1n) is 7.99. The Kier molecular flexibility index (Phi) is 7.51. The number of hydrogen-bond donors (Lipinski definition) is 1. The van der Waals surface area contributed by atoms with Crippen molar-refractivity contribution in [2.75, 3.05) is 19.6 Å². The molecule has 134 valence electrons. The Morgan fingerprint density at radius 2 is 2.12 bits per heavy atom. The van der Waals surface area contributed by atoms with Crippen LogP contribution in [0.4, 0.5) is 0 Å². The minimum absolute atomic E-state index is 0. The van der Waals surface area contributed by atoms with Gasteiger partial charge in [0.1, 0.15) is 0 Å². The molecule has 1 saturated heterocycles. The Morgan fingerprint density at radius 3 is 2.84 bits per heavy atom. The topological polar surface area (TPSA) is 45.2 Å². The van der Waals surface area contributed by atoms with Crippen LogP contribution in [0.1, 0.15) is 23.6 Å². The summed E-state index contributed by atoms with van der Waals surface area (Å²) in [5.74, 6) is 0.149. The summed E-state index contributed by atoms with van der Waals surface area (Å²) >= 11 is 12.0. The quantitative estimate of drug-likeness (QED) is 0.846. The van der Waals surface area contributed by atoms with E-state index < -0.39 is 0 Å². The predicted molar refractivity (Wildman–Crippen MR) is 104 cm³/mol. The van der Waals surface area contributed by atoms with Crippen LogP contribution in [0.25, 0.3) is 0 Å². The van der Waals surface area contributed by atoms with E-state index in [0.717, 1.165) is 24.2 Å². The minimum Gasteiger partial charge on any atom is -0.333 e. The molecule has 1 unspecified atom stereocenters. The van der Waals surface area contributed by atoms with Crippen molar-refractivity contribution in [3.05, 3.63) is 63.9 Å². The third kappa shape index (κ3) is 5.08. The Labute approximate surface area is 163 Å². The zero-order chi connectivity index (χ0) is 16.9. The molecule has 0 spiro atoms. The van der Waals surface area contributed by atoms with Gasteiger partial charge < -0.3 is 10.2 Å². The fourth-order valence-corrected chi connectivity index (χ4v) is 3.28. The molecule has 4 nitrogen and oxygen atoms in total. The molecule has 0 radical (unpaired) electrons. The van der Waals surface area contributed by atoms with Gasteiger partial charge in [0, 0.05) is 38.4 Å². The normalized spacial score (nSPS) is 17.0. The maximum Gasteiger partial charge on any atom is 0.223 e. The third-order valence-electron chi connectivity index (χ3n) is 4.24. The lowest BCUT2D eigenvalue weighted by molar-refractivity contribution is -0.134. The van der Waals surface area contributed by atoms with Crippen molar-refractivity contribution < 1.29 is 4.79 Å². The lowest BCUT2D eigenvalue weighted by atomic mass is 10.0. The summed E-state index contributed by atoms with van der Waals surface area (Å²) < 4.78 is 0. The second-order valence-corrected chi connectivity index (χ2v) is 6.66. The van der Waals surface area contributed by atoms with E-state index in [-0.39, 0.29) is 24.4 Å². The van der Waals surface area contributed by atoms with Gasteiger partial charge in [-0.15, -0.1) is 12.4 Å². The van der Waals surface area contributed by atoms with Crippen molar-refractivity contribution in [3.63, 3.8) is 0 Å². The number of carbonyl (C=O) groups is 1. The number of rotatable bonds is 4. The van der Waals surface area contributed by atoms with E-state index in [0.29, 0.717) is 29.4 Å². The van der Waals surface area contributed by atoms with Gasteiger partial charge >= 0.3 is 0 Å². The Balaban J connectivity index is 0.00000225. The molecule has 0 aliphatic carbocycles. The summed E-state index contributed by atoms with van der Waals surface area (Å²) in [6, 6.07) is 9.47. The monoisotopic (exact) mass is 399 g/mol. The van der Waals surface area contributed by atoms with Crippen LogP contribution in [0.5, 0.6) is 0 Å². The van der Waals surface area contributed by atoms with Crippen LogP contribution >= 0.6 is 35.6 Å². The molecule has 0 saturated carbocycles. The molecule has 2 heterocycles. The van der Waals surface area contributed by atoms with Crippen molar-refractivity contribution in [1.82, 2.24) is 15.2 Å². The number of aryl methyl sites for hydroxylation is 1. The Bertz CT molecular complexity index is 712. The number of hydrogen-bond acceptors (Lipinski definition) is 3. The average Bonchev–Trinajstić information content (AvgIpc) is 2.63. The van der Waals surface area contributed by atoms with E-state index >= 15 is 0 Å². The van der Waals surface area contributed by atoms with E-state index in [1.54, 1.807) is 12.3 Å². The molecule has 1 aromatic carbocycles. The van der Waals surface area contributed by atoms with Crippen molar-refractivity contribution in [3.8, 4) is 0 Å². The van der Waals surface area contributed by atoms with Crippen LogP contribution < -0.4 is 5.32 Å². The molecule has 1 fully saturated rings. The molecule has 1 amide bonds. The number of piperazine rings is 1. The lowest BCUT2D eigenvalue weighted by Crippen LogP contribution is -2.48. The van der Waals surface area contributed by atoms with E-state index in [2.05, 4.69) is 10.3 Å². The highest BCUT2D eigenvalue weighted by molar-refractivity contribution is 6.42. The summed E-state index contributed by atoms with van der Waals surface area (Å²) in [4.78, 5) is 18.8. The van der Waals surface area contributed by atoms with Crippen LogP contribution in [0.3, 0.4) is 0 Å². The first-order chi connectivity index (χ1) is 11.6. The fraction of sp³-hybridized carbons (Fsp3) is 0.333. The van der Waals surface area contributed by atoms with Gasteiger partial charge in [-0.2, -0.15) is 0 Å². The van der Waals surface area contributed by atoms with Crippen LogP contribution in [-0.2, 0) is 11.2 Å². The van der Waals surface area contributed by atoms with Crippen LogP contribution in [-0.4, -0.2) is 35.4 Å². The second-order valence-electron chi connectivity index (χ2n) is 5.84.